The lowest BCUT2D eigenvalue weighted by atomic mass is 10.1. The van der Waals surface area contributed by atoms with Crippen LogP contribution in [-0.2, 0) is 4.74 Å². The van der Waals surface area contributed by atoms with Crippen LogP contribution in [0.25, 0.3) is 0 Å². The zero-order valence-electron chi connectivity index (χ0n) is 17.6. The Bertz CT molecular complexity index is 659. The smallest absolute Gasteiger partial charge is 0.261 e. The summed E-state index contributed by atoms with van der Waals surface area (Å²) < 4.78 is 5.55. The second-order valence-electron chi connectivity index (χ2n) is 7.26. The highest BCUT2D eigenvalue weighted by molar-refractivity contribution is 14.0. The van der Waals surface area contributed by atoms with Crippen molar-refractivity contribution in [3.8, 4) is 0 Å². The average molecular weight is 516 g/mol. The van der Waals surface area contributed by atoms with Crippen LogP contribution in [0.2, 0.25) is 0 Å². The summed E-state index contributed by atoms with van der Waals surface area (Å²) in [5.41, 5.74) is 1.01. The number of fused-ring (bicyclic) bond motifs is 1. The highest BCUT2D eigenvalue weighted by atomic mass is 127. The van der Waals surface area contributed by atoms with Gasteiger partial charge in [0.1, 0.15) is 0 Å². The van der Waals surface area contributed by atoms with Crippen molar-refractivity contribution in [3.63, 3.8) is 0 Å². The van der Waals surface area contributed by atoms with Crippen LogP contribution in [0, 0.1) is 5.92 Å². The van der Waals surface area contributed by atoms with Crippen LogP contribution in [0.5, 0.6) is 0 Å². The number of benzene rings is 1. The molecule has 0 atom stereocenters. The summed E-state index contributed by atoms with van der Waals surface area (Å²) in [6, 6.07) is 6.99. The highest BCUT2D eigenvalue weighted by Crippen LogP contribution is 2.22. The van der Waals surface area contributed by atoms with Gasteiger partial charge < -0.3 is 15.4 Å². The van der Waals surface area contributed by atoms with Crippen LogP contribution in [0.1, 0.15) is 53.8 Å². The molecule has 162 valence electrons. The SMILES string of the molecule is CN=C(NCCCCN1C(=O)c2ccccc2C1=O)NCCCOCC(C)C.I. The fraction of sp³-hybridized carbons (Fsp3) is 0.571. The lowest BCUT2D eigenvalue weighted by molar-refractivity contribution is 0.0652. The molecule has 1 aliphatic heterocycles. The number of imide groups is 1. The number of nitrogens with one attached hydrogen (secondary N) is 2. The number of amides is 2. The van der Waals surface area contributed by atoms with Crippen molar-refractivity contribution in [2.75, 3.05) is 39.9 Å². The molecule has 2 amide bonds. The molecule has 8 heteroatoms. The predicted octanol–water partition coefficient (Wildman–Crippen LogP) is 2.91. The van der Waals surface area contributed by atoms with Crippen LogP contribution in [0.4, 0.5) is 0 Å². The van der Waals surface area contributed by atoms with Gasteiger partial charge in [0.25, 0.3) is 11.8 Å². The van der Waals surface area contributed by atoms with E-state index in [1.165, 1.54) is 4.90 Å². The van der Waals surface area contributed by atoms with Gasteiger partial charge in [0, 0.05) is 39.9 Å². The number of carbonyl (C=O) groups is 2. The standard InChI is InChI=1S/C21H32N4O3.HI/c1-16(2)15-28-14-8-12-24-21(22-3)23-11-6-7-13-25-19(26)17-9-4-5-10-18(17)20(25)27;/h4-5,9-10,16H,6-8,11-15H2,1-3H3,(H2,22,23,24);1H. The number of hydrogen-bond donors (Lipinski definition) is 2. The van der Waals surface area contributed by atoms with Crippen LogP contribution in [-0.4, -0.2) is 62.6 Å². The minimum absolute atomic E-state index is 0. The molecule has 2 rings (SSSR count). The molecule has 0 bridgehead atoms. The number of unbranched alkanes of at least 4 members (excludes halogenated alkanes) is 1. The van der Waals surface area contributed by atoms with Gasteiger partial charge in [-0.1, -0.05) is 26.0 Å². The summed E-state index contributed by atoms with van der Waals surface area (Å²) in [7, 11) is 1.74. The fourth-order valence-corrected chi connectivity index (χ4v) is 2.96. The minimum atomic E-state index is -0.189. The van der Waals surface area contributed by atoms with Crippen molar-refractivity contribution in [1.29, 1.82) is 0 Å². The first-order valence-electron chi connectivity index (χ1n) is 10.0. The summed E-state index contributed by atoms with van der Waals surface area (Å²) in [4.78, 5) is 30.1. The van der Waals surface area contributed by atoms with Gasteiger partial charge in [-0.05, 0) is 37.3 Å². The van der Waals surface area contributed by atoms with Crippen LogP contribution >= 0.6 is 24.0 Å². The lowest BCUT2D eigenvalue weighted by Crippen LogP contribution is -2.38. The molecule has 0 saturated carbocycles. The maximum Gasteiger partial charge on any atom is 0.261 e. The Hall–Kier alpha value is -1.68. The van der Waals surface area contributed by atoms with Crippen molar-refractivity contribution in [1.82, 2.24) is 15.5 Å². The largest absolute Gasteiger partial charge is 0.381 e. The molecule has 0 aromatic heterocycles. The van der Waals surface area contributed by atoms with E-state index >= 15 is 0 Å². The van der Waals surface area contributed by atoms with E-state index in [1.54, 1.807) is 31.3 Å². The molecule has 1 aromatic carbocycles. The molecule has 1 heterocycles. The second kappa shape index (κ2) is 13.5. The van der Waals surface area contributed by atoms with Gasteiger partial charge >= 0.3 is 0 Å². The Kier molecular flexibility index (Phi) is 11.8. The van der Waals surface area contributed by atoms with E-state index in [9.17, 15) is 9.59 Å². The van der Waals surface area contributed by atoms with Crippen LogP contribution < -0.4 is 10.6 Å². The third-order valence-electron chi connectivity index (χ3n) is 4.41. The Morgan fingerprint density at radius 2 is 1.62 bits per heavy atom. The maximum atomic E-state index is 12.3. The predicted molar refractivity (Wildman–Crippen MR) is 126 cm³/mol. The minimum Gasteiger partial charge on any atom is -0.381 e. The normalized spacial score (nSPS) is 13.5. The summed E-state index contributed by atoms with van der Waals surface area (Å²) >= 11 is 0. The molecule has 1 aromatic rings. The van der Waals surface area contributed by atoms with Crippen molar-refractivity contribution in [2.45, 2.75) is 33.1 Å². The molecular weight excluding hydrogens is 483 g/mol. The fourth-order valence-electron chi connectivity index (χ4n) is 2.96. The highest BCUT2D eigenvalue weighted by Gasteiger charge is 2.34. The average Bonchev–Trinajstić information content (AvgIpc) is 2.93. The molecule has 0 aliphatic carbocycles. The molecule has 1 aliphatic rings. The molecule has 0 fully saturated rings. The van der Waals surface area contributed by atoms with Gasteiger partial charge in [-0.15, -0.1) is 24.0 Å². The number of guanidine groups is 1. The second-order valence-corrected chi connectivity index (χ2v) is 7.26. The number of rotatable bonds is 11. The third-order valence-corrected chi connectivity index (χ3v) is 4.41. The van der Waals surface area contributed by atoms with Gasteiger partial charge in [-0.3, -0.25) is 19.5 Å². The molecular formula is C21H33IN4O3. The zero-order valence-corrected chi connectivity index (χ0v) is 19.9. The molecule has 0 saturated heterocycles. The van der Waals surface area contributed by atoms with Crippen molar-refractivity contribution in [3.05, 3.63) is 35.4 Å². The van der Waals surface area contributed by atoms with Crippen molar-refractivity contribution >= 4 is 41.8 Å². The van der Waals surface area contributed by atoms with E-state index in [0.717, 1.165) is 51.5 Å². The quantitative estimate of drug-likeness (QED) is 0.155. The number of carbonyl (C=O) groups excluding carboxylic acids is 2. The summed E-state index contributed by atoms with van der Waals surface area (Å²) in [5.74, 6) is 0.934. The first-order chi connectivity index (χ1) is 13.5. The number of hydrogen-bond acceptors (Lipinski definition) is 4. The van der Waals surface area contributed by atoms with E-state index in [2.05, 4.69) is 29.5 Å². The van der Waals surface area contributed by atoms with Crippen molar-refractivity contribution in [2.24, 2.45) is 10.9 Å². The van der Waals surface area contributed by atoms with Gasteiger partial charge in [0.15, 0.2) is 5.96 Å². The molecule has 7 nitrogen and oxygen atoms in total. The molecule has 0 unspecified atom stereocenters. The first kappa shape index (κ1) is 25.4. The monoisotopic (exact) mass is 516 g/mol. The van der Waals surface area contributed by atoms with Gasteiger partial charge in [0.05, 0.1) is 11.1 Å². The zero-order chi connectivity index (χ0) is 20.4. The maximum absolute atomic E-state index is 12.3. The Morgan fingerprint density at radius 1 is 1.03 bits per heavy atom. The lowest BCUT2D eigenvalue weighted by Gasteiger charge is -2.15. The van der Waals surface area contributed by atoms with Crippen LogP contribution in [0.15, 0.2) is 29.3 Å². The van der Waals surface area contributed by atoms with Gasteiger partial charge in [-0.25, -0.2) is 0 Å². The molecule has 2 N–H and O–H groups in total. The van der Waals surface area contributed by atoms with E-state index in [0.29, 0.717) is 23.6 Å². The summed E-state index contributed by atoms with van der Waals surface area (Å²) in [5, 5.41) is 6.51. The van der Waals surface area contributed by atoms with E-state index < -0.39 is 0 Å². The molecule has 29 heavy (non-hydrogen) atoms. The van der Waals surface area contributed by atoms with Crippen molar-refractivity contribution < 1.29 is 14.3 Å². The van der Waals surface area contributed by atoms with Gasteiger partial charge in [0.2, 0.25) is 0 Å². The third kappa shape index (κ3) is 7.93. The Balaban J connectivity index is 0.00000420. The Morgan fingerprint density at radius 3 is 2.17 bits per heavy atom. The number of aliphatic imine (C=N–C) groups is 1. The molecule has 0 radical (unpaired) electrons. The topological polar surface area (TPSA) is 83.0 Å². The Labute approximate surface area is 190 Å². The molecule has 0 spiro atoms. The van der Waals surface area contributed by atoms with E-state index in [-0.39, 0.29) is 35.8 Å². The summed E-state index contributed by atoms with van der Waals surface area (Å²) in [6.45, 7) is 7.77. The van der Waals surface area contributed by atoms with Gasteiger partial charge in [-0.2, -0.15) is 0 Å². The first-order valence-corrected chi connectivity index (χ1v) is 10.0. The number of halogens is 1. The van der Waals surface area contributed by atoms with E-state index in [1.807, 2.05) is 0 Å². The van der Waals surface area contributed by atoms with Crippen LogP contribution in [0.3, 0.4) is 0 Å². The summed E-state index contributed by atoms with van der Waals surface area (Å²) in [6.07, 6.45) is 2.51. The number of nitrogens with zero attached hydrogens (tertiary/aromatic N) is 2. The van der Waals surface area contributed by atoms with E-state index in [4.69, 9.17) is 4.74 Å². The number of ether oxygens (including phenoxy) is 1.